The first-order valence-corrected chi connectivity index (χ1v) is 7.35. The Bertz CT molecular complexity index is 953. The van der Waals surface area contributed by atoms with E-state index >= 15 is 0 Å². The lowest BCUT2D eigenvalue weighted by atomic mass is 10.1. The summed E-state index contributed by atoms with van der Waals surface area (Å²) in [4.78, 5) is 23.0. The highest BCUT2D eigenvalue weighted by Gasteiger charge is 2.28. The highest BCUT2D eigenvalue weighted by atomic mass is 16.1. The number of nitrogens with one attached hydrogen (secondary N) is 1. The third kappa shape index (κ3) is 2.16. The molecule has 0 radical (unpaired) electrons. The van der Waals surface area contributed by atoms with E-state index in [-0.39, 0.29) is 11.6 Å². The summed E-state index contributed by atoms with van der Waals surface area (Å²) in [6.45, 7) is 1.51. The molecule has 7 heteroatoms. The van der Waals surface area contributed by atoms with Crippen LogP contribution in [-0.4, -0.2) is 38.1 Å². The molecule has 0 aromatic carbocycles. The summed E-state index contributed by atoms with van der Waals surface area (Å²) in [6, 6.07) is 2.05. The van der Waals surface area contributed by atoms with Gasteiger partial charge in [-0.15, -0.1) is 6.42 Å². The van der Waals surface area contributed by atoms with Gasteiger partial charge in [0.2, 0.25) is 0 Å². The van der Waals surface area contributed by atoms with Crippen LogP contribution in [0, 0.1) is 12.3 Å². The average Bonchev–Trinajstić information content (AvgIpc) is 3.24. The molecule has 4 rings (SSSR count). The number of aromatic nitrogens is 5. The minimum atomic E-state index is -0.260. The van der Waals surface area contributed by atoms with Gasteiger partial charge in [-0.3, -0.25) is 9.78 Å². The van der Waals surface area contributed by atoms with Gasteiger partial charge in [0, 0.05) is 24.7 Å². The highest BCUT2D eigenvalue weighted by Crippen LogP contribution is 2.32. The largest absolute Gasteiger partial charge is 0.368 e. The zero-order chi connectivity index (χ0) is 15.8. The van der Waals surface area contributed by atoms with Crippen molar-refractivity contribution < 1.29 is 0 Å². The Morgan fingerprint density at radius 3 is 2.91 bits per heavy atom. The number of pyridine rings is 2. The molecular formula is C16H14N6O. The van der Waals surface area contributed by atoms with Gasteiger partial charge in [-0.1, -0.05) is 5.92 Å². The van der Waals surface area contributed by atoms with E-state index in [1.165, 1.54) is 0 Å². The van der Waals surface area contributed by atoms with E-state index in [0.717, 1.165) is 24.0 Å². The van der Waals surface area contributed by atoms with Crippen molar-refractivity contribution >= 4 is 16.6 Å². The number of anilines is 1. The lowest BCUT2D eigenvalue weighted by Crippen LogP contribution is -2.26. The fourth-order valence-electron chi connectivity index (χ4n) is 3.14. The van der Waals surface area contributed by atoms with Gasteiger partial charge in [0.15, 0.2) is 0 Å². The van der Waals surface area contributed by atoms with Crippen LogP contribution in [0.5, 0.6) is 0 Å². The first kappa shape index (κ1) is 13.5. The maximum atomic E-state index is 12.3. The van der Waals surface area contributed by atoms with Crippen LogP contribution in [0.3, 0.4) is 0 Å². The Hall–Kier alpha value is -3.14. The van der Waals surface area contributed by atoms with Gasteiger partial charge in [0.1, 0.15) is 5.56 Å². The average molecular weight is 306 g/mol. The molecule has 1 fully saturated rings. The van der Waals surface area contributed by atoms with Crippen LogP contribution in [0.25, 0.3) is 10.9 Å². The summed E-state index contributed by atoms with van der Waals surface area (Å²) in [6.07, 6.45) is 13.2. The van der Waals surface area contributed by atoms with Crippen molar-refractivity contribution in [1.29, 1.82) is 0 Å². The number of fused-ring (bicyclic) bond motifs is 1. The number of H-pyrrole nitrogens is 1. The topological polar surface area (TPSA) is 79.7 Å². The standard InChI is InChI=1S/C16H14N6O/c1-2-12-15(13-3-5-17-9-14(13)20-16(12)23)21-8-4-11(10-21)22-18-6-7-19-22/h1,3,5-7,9,11H,4,8,10H2,(H,20,23). The van der Waals surface area contributed by atoms with Crippen molar-refractivity contribution in [2.24, 2.45) is 0 Å². The lowest BCUT2D eigenvalue weighted by Gasteiger charge is -2.21. The molecule has 1 aliphatic rings. The molecular weight excluding hydrogens is 292 g/mol. The van der Waals surface area contributed by atoms with Crippen LogP contribution < -0.4 is 10.5 Å². The molecule has 3 aromatic heterocycles. The fraction of sp³-hybridized carbons (Fsp3) is 0.250. The third-order valence-corrected chi connectivity index (χ3v) is 4.18. The monoisotopic (exact) mass is 306 g/mol. The van der Waals surface area contributed by atoms with Gasteiger partial charge in [-0.2, -0.15) is 15.0 Å². The van der Waals surface area contributed by atoms with Crippen LogP contribution in [0.2, 0.25) is 0 Å². The van der Waals surface area contributed by atoms with E-state index in [2.05, 4.69) is 31.0 Å². The molecule has 0 amide bonds. The van der Waals surface area contributed by atoms with Crippen molar-refractivity contribution in [3.05, 3.63) is 46.8 Å². The van der Waals surface area contributed by atoms with E-state index in [9.17, 15) is 4.79 Å². The number of terminal acetylenes is 1. The molecule has 23 heavy (non-hydrogen) atoms. The Labute approximate surface area is 132 Å². The molecule has 4 heterocycles. The van der Waals surface area contributed by atoms with Crippen LogP contribution in [0.4, 0.5) is 5.69 Å². The molecule has 114 valence electrons. The molecule has 0 saturated carbocycles. The zero-order valence-electron chi connectivity index (χ0n) is 12.3. The fourth-order valence-corrected chi connectivity index (χ4v) is 3.14. The number of aromatic amines is 1. The van der Waals surface area contributed by atoms with Crippen molar-refractivity contribution in [3.63, 3.8) is 0 Å². The van der Waals surface area contributed by atoms with Crippen LogP contribution in [0.15, 0.2) is 35.6 Å². The van der Waals surface area contributed by atoms with Crippen molar-refractivity contribution in [2.75, 3.05) is 18.0 Å². The summed E-state index contributed by atoms with van der Waals surface area (Å²) in [5.74, 6) is 2.54. The molecule has 0 aliphatic carbocycles. The number of nitrogens with zero attached hydrogens (tertiary/aromatic N) is 5. The molecule has 0 bridgehead atoms. The molecule has 1 atom stereocenters. The van der Waals surface area contributed by atoms with Crippen molar-refractivity contribution in [1.82, 2.24) is 25.0 Å². The third-order valence-electron chi connectivity index (χ3n) is 4.18. The van der Waals surface area contributed by atoms with E-state index in [1.807, 2.05) is 6.07 Å². The second kappa shape index (κ2) is 5.25. The van der Waals surface area contributed by atoms with Crippen molar-refractivity contribution in [2.45, 2.75) is 12.5 Å². The molecule has 0 spiro atoms. The second-order valence-corrected chi connectivity index (χ2v) is 5.48. The maximum absolute atomic E-state index is 12.3. The van der Waals surface area contributed by atoms with Crippen LogP contribution >= 0.6 is 0 Å². The summed E-state index contributed by atoms with van der Waals surface area (Å²) in [5, 5.41) is 9.32. The molecule has 1 saturated heterocycles. The van der Waals surface area contributed by atoms with Gasteiger partial charge >= 0.3 is 0 Å². The normalized spacial score (nSPS) is 17.5. The molecule has 3 aromatic rings. The van der Waals surface area contributed by atoms with E-state index in [1.54, 1.807) is 29.6 Å². The molecule has 1 aliphatic heterocycles. The van der Waals surface area contributed by atoms with Crippen LogP contribution in [-0.2, 0) is 0 Å². The zero-order valence-corrected chi connectivity index (χ0v) is 12.3. The Kier molecular flexibility index (Phi) is 3.08. The Balaban J connectivity index is 1.83. The van der Waals surface area contributed by atoms with Gasteiger partial charge in [0.25, 0.3) is 5.56 Å². The number of hydrogen-bond donors (Lipinski definition) is 1. The van der Waals surface area contributed by atoms with Crippen LogP contribution in [0.1, 0.15) is 18.0 Å². The van der Waals surface area contributed by atoms with Gasteiger partial charge in [-0.25, -0.2) is 0 Å². The van der Waals surface area contributed by atoms with Gasteiger partial charge in [-0.05, 0) is 12.5 Å². The quantitative estimate of drug-likeness (QED) is 0.713. The Morgan fingerprint density at radius 2 is 2.13 bits per heavy atom. The predicted octanol–water partition coefficient (Wildman–Crippen LogP) is 0.947. The smallest absolute Gasteiger partial charge is 0.266 e. The molecule has 1 unspecified atom stereocenters. The lowest BCUT2D eigenvalue weighted by molar-refractivity contribution is 0.436. The minimum Gasteiger partial charge on any atom is -0.368 e. The maximum Gasteiger partial charge on any atom is 0.266 e. The van der Waals surface area contributed by atoms with E-state index < -0.39 is 0 Å². The molecule has 7 nitrogen and oxygen atoms in total. The second-order valence-electron chi connectivity index (χ2n) is 5.48. The predicted molar refractivity (Wildman–Crippen MR) is 86.2 cm³/mol. The summed E-state index contributed by atoms with van der Waals surface area (Å²) in [5.41, 5.74) is 1.58. The first-order valence-electron chi connectivity index (χ1n) is 7.35. The SMILES string of the molecule is C#Cc1c(N2CCC(n3nccn3)C2)c2ccncc2[nH]c1=O. The van der Waals surface area contributed by atoms with Gasteiger partial charge < -0.3 is 9.88 Å². The summed E-state index contributed by atoms with van der Waals surface area (Å²) >= 11 is 0. The number of hydrogen-bond acceptors (Lipinski definition) is 5. The number of rotatable bonds is 2. The van der Waals surface area contributed by atoms with Crippen molar-refractivity contribution in [3.8, 4) is 12.3 Å². The minimum absolute atomic E-state index is 0.173. The summed E-state index contributed by atoms with van der Waals surface area (Å²) in [7, 11) is 0. The van der Waals surface area contributed by atoms with E-state index in [0.29, 0.717) is 17.6 Å². The molecule has 1 N–H and O–H groups in total. The summed E-state index contributed by atoms with van der Waals surface area (Å²) < 4.78 is 0. The van der Waals surface area contributed by atoms with E-state index in [4.69, 9.17) is 6.42 Å². The first-order chi connectivity index (χ1) is 11.3. The highest BCUT2D eigenvalue weighted by molar-refractivity contribution is 5.94. The Morgan fingerprint density at radius 1 is 1.30 bits per heavy atom. The van der Waals surface area contributed by atoms with Gasteiger partial charge in [0.05, 0.1) is 35.8 Å².